The Hall–Kier alpha value is -1.00. The quantitative estimate of drug-likeness (QED) is 0.539. The van der Waals surface area contributed by atoms with Gasteiger partial charge >= 0.3 is 6.43 Å². The summed E-state index contributed by atoms with van der Waals surface area (Å²) in [5.74, 6) is -2.64. The van der Waals surface area contributed by atoms with E-state index in [2.05, 4.69) is 6.92 Å². The van der Waals surface area contributed by atoms with Crippen molar-refractivity contribution < 1.29 is 18.4 Å². The number of rotatable bonds is 1. The zero-order valence-electron chi connectivity index (χ0n) is 4.36. The molecule has 0 aromatic heterocycles. The molecule has 5 heteroatoms. The summed E-state index contributed by atoms with van der Waals surface area (Å²) >= 11 is 0. The third-order valence-electron chi connectivity index (χ3n) is 0.461. The summed E-state index contributed by atoms with van der Waals surface area (Å²) in [5, 5.41) is 1.30. The van der Waals surface area contributed by atoms with Gasteiger partial charge in [0.1, 0.15) is 0 Å². The van der Waals surface area contributed by atoms with Crippen LogP contribution in [0.3, 0.4) is 0 Å². The van der Waals surface area contributed by atoms with Gasteiger partial charge in [0, 0.05) is 6.92 Å². The third-order valence-corrected chi connectivity index (χ3v) is 0.461. The molecular weight excluding hydrogens is 132 g/mol. The maximum absolute atomic E-state index is 11.2. The molecular formula is C4H4F2NO2. The van der Waals surface area contributed by atoms with E-state index in [0.717, 1.165) is 0 Å². The third kappa shape index (κ3) is 3.57. The maximum Gasteiger partial charge on any atom is 0.315 e. The van der Waals surface area contributed by atoms with E-state index in [1.165, 1.54) is 5.32 Å². The maximum atomic E-state index is 11.2. The largest absolute Gasteiger partial charge is 0.315 e. The van der Waals surface area contributed by atoms with Crippen molar-refractivity contribution in [2.24, 2.45) is 0 Å². The Labute approximate surface area is 50.0 Å². The van der Waals surface area contributed by atoms with Crippen molar-refractivity contribution in [3.63, 3.8) is 0 Å². The highest BCUT2D eigenvalue weighted by Crippen LogP contribution is 1.89. The van der Waals surface area contributed by atoms with Crippen molar-refractivity contribution in [3.05, 3.63) is 6.92 Å². The molecule has 0 aliphatic heterocycles. The second kappa shape index (κ2) is 3.11. The number of hydrogen-bond acceptors (Lipinski definition) is 2. The van der Waals surface area contributed by atoms with Crippen molar-refractivity contribution in [1.82, 2.24) is 5.32 Å². The molecule has 1 radical (unpaired) electrons. The number of nitrogens with one attached hydrogen (secondary N) is 1. The van der Waals surface area contributed by atoms with Gasteiger partial charge < -0.3 is 0 Å². The normalized spacial score (nSPS) is 9.33. The van der Waals surface area contributed by atoms with Gasteiger partial charge in [0.2, 0.25) is 5.91 Å². The lowest BCUT2D eigenvalue weighted by atomic mass is 10.6. The van der Waals surface area contributed by atoms with Crippen molar-refractivity contribution in [3.8, 4) is 0 Å². The van der Waals surface area contributed by atoms with Crippen LogP contribution in [0.4, 0.5) is 8.78 Å². The molecule has 0 heterocycles. The fourth-order valence-corrected chi connectivity index (χ4v) is 0.192. The Morgan fingerprint density at radius 1 is 1.44 bits per heavy atom. The van der Waals surface area contributed by atoms with Gasteiger partial charge in [-0.2, -0.15) is 8.78 Å². The van der Waals surface area contributed by atoms with Crippen molar-refractivity contribution in [2.45, 2.75) is 6.43 Å². The summed E-state index contributed by atoms with van der Waals surface area (Å²) in [5.41, 5.74) is 0. The predicted molar refractivity (Wildman–Crippen MR) is 24.5 cm³/mol. The van der Waals surface area contributed by atoms with Crippen molar-refractivity contribution in [1.29, 1.82) is 0 Å². The predicted octanol–water partition coefficient (Wildman–Crippen LogP) is -0.272. The van der Waals surface area contributed by atoms with E-state index < -0.39 is 18.2 Å². The van der Waals surface area contributed by atoms with Crippen LogP contribution in [0.2, 0.25) is 0 Å². The van der Waals surface area contributed by atoms with E-state index in [-0.39, 0.29) is 0 Å². The zero-order chi connectivity index (χ0) is 7.44. The molecule has 0 saturated heterocycles. The summed E-state index contributed by atoms with van der Waals surface area (Å²) in [6, 6.07) is 0. The minimum absolute atomic E-state index is 1.03. The summed E-state index contributed by atoms with van der Waals surface area (Å²) in [6.45, 7) is 2.66. The van der Waals surface area contributed by atoms with Crippen LogP contribution in [0, 0.1) is 6.92 Å². The molecule has 0 aromatic rings. The Morgan fingerprint density at radius 3 is 2.00 bits per heavy atom. The minimum atomic E-state index is -3.16. The average Bonchev–Trinajstić information content (AvgIpc) is 1.63. The van der Waals surface area contributed by atoms with Gasteiger partial charge in [-0.3, -0.25) is 14.9 Å². The van der Waals surface area contributed by atoms with E-state index in [1.807, 2.05) is 0 Å². The first-order valence-corrected chi connectivity index (χ1v) is 1.99. The molecule has 0 atom stereocenters. The molecule has 0 unspecified atom stereocenters. The Morgan fingerprint density at radius 2 is 1.89 bits per heavy atom. The fourth-order valence-electron chi connectivity index (χ4n) is 0.192. The number of amides is 2. The van der Waals surface area contributed by atoms with E-state index in [1.54, 1.807) is 0 Å². The fraction of sp³-hybridized carbons (Fsp3) is 0.250. The van der Waals surface area contributed by atoms with Crippen LogP contribution in [0.25, 0.3) is 0 Å². The van der Waals surface area contributed by atoms with Gasteiger partial charge in [-0.05, 0) is 0 Å². The van der Waals surface area contributed by atoms with Gasteiger partial charge in [-0.25, -0.2) is 0 Å². The van der Waals surface area contributed by atoms with Crippen LogP contribution in [-0.2, 0) is 9.59 Å². The second-order valence-electron chi connectivity index (χ2n) is 1.21. The van der Waals surface area contributed by atoms with Crippen LogP contribution < -0.4 is 5.32 Å². The lowest BCUT2D eigenvalue weighted by Crippen LogP contribution is -2.33. The van der Waals surface area contributed by atoms with E-state index in [4.69, 9.17) is 0 Å². The van der Waals surface area contributed by atoms with Crippen LogP contribution in [0.1, 0.15) is 0 Å². The molecule has 3 nitrogen and oxygen atoms in total. The zero-order valence-corrected chi connectivity index (χ0v) is 4.36. The number of carbonyl (C=O) groups excluding carboxylic acids is 2. The summed E-state index contributed by atoms with van der Waals surface area (Å²) in [6.07, 6.45) is -3.16. The number of imide groups is 1. The lowest BCUT2D eigenvalue weighted by molar-refractivity contribution is -0.136. The van der Waals surface area contributed by atoms with Gasteiger partial charge in [0.05, 0.1) is 0 Å². The smallest absolute Gasteiger partial charge is 0.291 e. The van der Waals surface area contributed by atoms with Crippen LogP contribution in [0.5, 0.6) is 0 Å². The molecule has 0 saturated carbocycles. The van der Waals surface area contributed by atoms with Crippen molar-refractivity contribution in [2.75, 3.05) is 0 Å². The molecule has 0 fully saturated rings. The average molecular weight is 136 g/mol. The summed E-state index contributed by atoms with van der Waals surface area (Å²) in [4.78, 5) is 19.6. The number of carbonyl (C=O) groups is 2. The van der Waals surface area contributed by atoms with E-state index in [0.29, 0.717) is 0 Å². The summed E-state index contributed by atoms with van der Waals surface area (Å²) < 4.78 is 22.4. The number of alkyl halides is 2. The molecule has 0 rings (SSSR count). The standard InChI is InChI=1S/C4H4F2NO2/c1-2(8)7-4(9)3(5)6/h3H,1H2,(H,7,8,9). The van der Waals surface area contributed by atoms with Gasteiger partial charge in [-0.1, -0.05) is 0 Å². The number of hydrogen-bond donors (Lipinski definition) is 1. The van der Waals surface area contributed by atoms with Gasteiger partial charge in [-0.15, -0.1) is 0 Å². The molecule has 0 aliphatic carbocycles. The molecule has 0 spiro atoms. The highest BCUT2D eigenvalue weighted by molar-refractivity contribution is 5.98. The minimum Gasteiger partial charge on any atom is -0.291 e. The van der Waals surface area contributed by atoms with Gasteiger partial charge in [0.15, 0.2) is 0 Å². The highest BCUT2D eigenvalue weighted by Gasteiger charge is 2.15. The molecule has 2 amide bonds. The Kier molecular flexibility index (Phi) is 2.77. The van der Waals surface area contributed by atoms with Crippen LogP contribution in [0.15, 0.2) is 0 Å². The number of halogens is 2. The molecule has 0 aromatic carbocycles. The van der Waals surface area contributed by atoms with Crippen LogP contribution in [-0.4, -0.2) is 18.2 Å². The molecule has 51 valence electrons. The molecule has 0 bridgehead atoms. The molecule has 0 aliphatic rings. The monoisotopic (exact) mass is 136 g/mol. The topological polar surface area (TPSA) is 46.2 Å². The first kappa shape index (κ1) is 8.00. The van der Waals surface area contributed by atoms with Crippen molar-refractivity contribution >= 4 is 11.8 Å². The first-order valence-electron chi connectivity index (χ1n) is 1.99. The second-order valence-corrected chi connectivity index (χ2v) is 1.21. The molecule has 1 N–H and O–H groups in total. The molecule has 9 heavy (non-hydrogen) atoms. The highest BCUT2D eigenvalue weighted by atomic mass is 19.3. The first-order chi connectivity index (χ1) is 4.04. The Balaban J connectivity index is 3.64. The van der Waals surface area contributed by atoms with Crippen LogP contribution >= 0.6 is 0 Å². The Bertz CT molecular complexity index is 135. The SMILES string of the molecule is [CH2]C(=O)NC(=O)C(F)F. The van der Waals surface area contributed by atoms with E-state index >= 15 is 0 Å². The lowest BCUT2D eigenvalue weighted by Gasteiger charge is -1.95. The van der Waals surface area contributed by atoms with Gasteiger partial charge in [0.25, 0.3) is 5.91 Å². The summed E-state index contributed by atoms with van der Waals surface area (Å²) in [7, 11) is 0. The van der Waals surface area contributed by atoms with E-state index in [9.17, 15) is 18.4 Å².